The van der Waals surface area contributed by atoms with Crippen LogP contribution in [0.4, 0.5) is 11.5 Å². The highest BCUT2D eigenvalue weighted by Gasteiger charge is 2.35. The molecule has 1 saturated heterocycles. The van der Waals surface area contributed by atoms with Gasteiger partial charge in [-0.15, -0.1) is 0 Å². The highest BCUT2D eigenvalue weighted by Crippen LogP contribution is 2.28. The Morgan fingerprint density at radius 1 is 1.33 bits per heavy atom. The predicted octanol–water partition coefficient (Wildman–Crippen LogP) is 2.39. The predicted molar refractivity (Wildman–Crippen MR) is 91.1 cm³/mol. The number of hydrogen-bond donors (Lipinski definition) is 1. The fraction of sp³-hybridized carbons (Fsp3) is 0.278. The Hall–Kier alpha value is -2.89. The molecular weight excluding hydrogens is 306 g/mol. The van der Waals surface area contributed by atoms with E-state index in [9.17, 15) is 9.59 Å². The first-order valence-corrected chi connectivity index (χ1v) is 7.75. The number of carbonyl (C=O) groups is 2. The van der Waals surface area contributed by atoms with Gasteiger partial charge in [0.05, 0.1) is 13.0 Å². The van der Waals surface area contributed by atoms with E-state index in [0.717, 1.165) is 11.3 Å². The van der Waals surface area contributed by atoms with Gasteiger partial charge in [-0.3, -0.25) is 9.59 Å². The van der Waals surface area contributed by atoms with Crippen LogP contribution in [0.15, 0.2) is 42.6 Å². The van der Waals surface area contributed by atoms with Gasteiger partial charge in [-0.1, -0.05) is 12.1 Å². The molecule has 0 spiro atoms. The average Bonchev–Trinajstić information content (AvgIpc) is 2.99. The number of methoxy groups -OCH3 is 1. The van der Waals surface area contributed by atoms with Gasteiger partial charge in [-0.2, -0.15) is 0 Å². The molecule has 0 saturated carbocycles. The Morgan fingerprint density at radius 3 is 2.88 bits per heavy atom. The van der Waals surface area contributed by atoms with Crippen molar-refractivity contribution in [3.05, 3.63) is 48.2 Å². The fourth-order valence-electron chi connectivity index (χ4n) is 2.68. The number of ether oxygens (including phenoxy) is 1. The van der Waals surface area contributed by atoms with Crippen molar-refractivity contribution in [3.8, 4) is 5.75 Å². The molecule has 1 atom stereocenters. The van der Waals surface area contributed by atoms with Gasteiger partial charge in [0.1, 0.15) is 11.6 Å². The molecule has 3 rings (SSSR count). The van der Waals surface area contributed by atoms with E-state index in [-0.39, 0.29) is 18.2 Å². The SMILES string of the molecule is COc1cccc(N2CC(C(=O)Nc3ccc(C)cn3)CC2=O)c1. The Kier molecular flexibility index (Phi) is 4.46. The molecule has 2 aromatic rings. The topological polar surface area (TPSA) is 71.5 Å². The molecule has 0 bridgehead atoms. The van der Waals surface area contributed by atoms with E-state index in [2.05, 4.69) is 10.3 Å². The zero-order valence-electron chi connectivity index (χ0n) is 13.7. The van der Waals surface area contributed by atoms with E-state index in [0.29, 0.717) is 18.1 Å². The number of nitrogens with one attached hydrogen (secondary N) is 1. The number of carbonyl (C=O) groups excluding carboxylic acids is 2. The first-order valence-electron chi connectivity index (χ1n) is 7.75. The second kappa shape index (κ2) is 6.70. The number of rotatable bonds is 4. The smallest absolute Gasteiger partial charge is 0.230 e. The van der Waals surface area contributed by atoms with Crippen molar-refractivity contribution in [2.75, 3.05) is 23.9 Å². The van der Waals surface area contributed by atoms with E-state index in [1.54, 1.807) is 30.3 Å². The van der Waals surface area contributed by atoms with Crippen molar-refractivity contribution in [1.82, 2.24) is 4.98 Å². The van der Waals surface area contributed by atoms with Crippen molar-refractivity contribution in [1.29, 1.82) is 0 Å². The van der Waals surface area contributed by atoms with E-state index in [1.165, 1.54) is 0 Å². The molecule has 1 N–H and O–H groups in total. The molecular formula is C18H19N3O3. The molecule has 2 heterocycles. The number of pyridine rings is 1. The van der Waals surface area contributed by atoms with E-state index in [1.807, 2.05) is 31.2 Å². The maximum atomic E-state index is 12.4. The van der Waals surface area contributed by atoms with Crippen LogP contribution in [0, 0.1) is 12.8 Å². The van der Waals surface area contributed by atoms with Crippen LogP contribution in [0.1, 0.15) is 12.0 Å². The summed E-state index contributed by atoms with van der Waals surface area (Å²) in [5.74, 6) is 0.520. The van der Waals surface area contributed by atoms with Crippen LogP contribution in [0.3, 0.4) is 0 Å². The summed E-state index contributed by atoms with van der Waals surface area (Å²) < 4.78 is 5.19. The molecule has 2 amide bonds. The van der Waals surface area contributed by atoms with Crippen LogP contribution >= 0.6 is 0 Å². The van der Waals surface area contributed by atoms with Gasteiger partial charge in [-0.25, -0.2) is 4.98 Å². The molecule has 1 fully saturated rings. The number of amides is 2. The van der Waals surface area contributed by atoms with Crippen LogP contribution < -0.4 is 15.0 Å². The monoisotopic (exact) mass is 325 g/mol. The second-order valence-electron chi connectivity index (χ2n) is 5.82. The van der Waals surface area contributed by atoms with E-state index < -0.39 is 5.92 Å². The van der Waals surface area contributed by atoms with Gasteiger partial charge in [0.15, 0.2) is 0 Å². The summed E-state index contributed by atoms with van der Waals surface area (Å²) in [6.45, 7) is 2.28. The lowest BCUT2D eigenvalue weighted by molar-refractivity contribution is -0.122. The zero-order chi connectivity index (χ0) is 17.1. The summed E-state index contributed by atoms with van der Waals surface area (Å²) in [7, 11) is 1.58. The molecule has 1 aromatic carbocycles. The first-order chi connectivity index (χ1) is 11.6. The van der Waals surface area contributed by atoms with Crippen LogP contribution in [-0.4, -0.2) is 30.5 Å². The van der Waals surface area contributed by atoms with Gasteiger partial charge in [0, 0.05) is 30.9 Å². The minimum Gasteiger partial charge on any atom is -0.497 e. The molecule has 1 aromatic heterocycles. The number of nitrogens with zero attached hydrogens (tertiary/aromatic N) is 2. The van der Waals surface area contributed by atoms with Gasteiger partial charge >= 0.3 is 0 Å². The lowest BCUT2D eigenvalue weighted by atomic mass is 10.1. The van der Waals surface area contributed by atoms with Crippen LogP contribution in [0.5, 0.6) is 5.75 Å². The standard InChI is InChI=1S/C18H19N3O3/c1-12-6-7-16(19-10-12)20-18(23)13-8-17(22)21(11-13)14-4-3-5-15(9-14)24-2/h3-7,9-10,13H,8,11H2,1-2H3,(H,19,20,23). The molecule has 124 valence electrons. The van der Waals surface area contributed by atoms with Gasteiger partial charge in [0.25, 0.3) is 0 Å². The molecule has 1 aliphatic heterocycles. The summed E-state index contributed by atoms with van der Waals surface area (Å²) in [4.78, 5) is 30.4. The normalized spacial score (nSPS) is 17.0. The van der Waals surface area contributed by atoms with Gasteiger partial charge in [-0.05, 0) is 30.7 Å². The number of benzene rings is 1. The average molecular weight is 325 g/mol. The Morgan fingerprint density at radius 2 is 2.17 bits per heavy atom. The number of aryl methyl sites for hydroxylation is 1. The van der Waals surface area contributed by atoms with Crippen LogP contribution in [-0.2, 0) is 9.59 Å². The number of aromatic nitrogens is 1. The quantitative estimate of drug-likeness (QED) is 0.937. The lowest BCUT2D eigenvalue weighted by Gasteiger charge is -2.17. The molecule has 6 heteroatoms. The minimum absolute atomic E-state index is 0.0692. The number of hydrogen-bond acceptors (Lipinski definition) is 4. The number of anilines is 2. The van der Waals surface area contributed by atoms with Crippen LogP contribution in [0.25, 0.3) is 0 Å². The fourth-order valence-corrected chi connectivity index (χ4v) is 2.68. The lowest BCUT2D eigenvalue weighted by Crippen LogP contribution is -2.28. The van der Waals surface area contributed by atoms with Crippen molar-refractivity contribution in [2.45, 2.75) is 13.3 Å². The minimum atomic E-state index is -0.396. The third-order valence-corrected chi connectivity index (χ3v) is 4.02. The maximum Gasteiger partial charge on any atom is 0.230 e. The molecule has 0 radical (unpaired) electrons. The van der Waals surface area contributed by atoms with Gasteiger partial charge < -0.3 is 15.0 Å². The Balaban J connectivity index is 1.69. The molecule has 6 nitrogen and oxygen atoms in total. The van der Waals surface area contributed by atoms with Crippen molar-refractivity contribution in [2.24, 2.45) is 5.92 Å². The van der Waals surface area contributed by atoms with Crippen molar-refractivity contribution >= 4 is 23.3 Å². The van der Waals surface area contributed by atoms with Crippen molar-refractivity contribution < 1.29 is 14.3 Å². The molecule has 0 aliphatic carbocycles. The maximum absolute atomic E-state index is 12.4. The second-order valence-corrected chi connectivity index (χ2v) is 5.82. The summed E-state index contributed by atoms with van der Waals surface area (Å²) in [6, 6.07) is 10.9. The van der Waals surface area contributed by atoms with Crippen LogP contribution in [0.2, 0.25) is 0 Å². The summed E-state index contributed by atoms with van der Waals surface area (Å²) in [5.41, 5.74) is 1.76. The largest absolute Gasteiger partial charge is 0.497 e. The van der Waals surface area contributed by atoms with E-state index >= 15 is 0 Å². The summed E-state index contributed by atoms with van der Waals surface area (Å²) >= 11 is 0. The van der Waals surface area contributed by atoms with E-state index in [4.69, 9.17) is 4.74 Å². The summed E-state index contributed by atoms with van der Waals surface area (Å²) in [5, 5.41) is 2.77. The first kappa shape index (κ1) is 16.0. The molecule has 1 aliphatic rings. The Labute approximate surface area is 140 Å². The van der Waals surface area contributed by atoms with Gasteiger partial charge in [0.2, 0.25) is 11.8 Å². The van der Waals surface area contributed by atoms with Crippen molar-refractivity contribution in [3.63, 3.8) is 0 Å². The Bertz CT molecular complexity index is 758. The third-order valence-electron chi connectivity index (χ3n) is 4.02. The highest BCUT2D eigenvalue weighted by molar-refractivity contribution is 6.03. The molecule has 24 heavy (non-hydrogen) atoms. The zero-order valence-corrected chi connectivity index (χ0v) is 13.7. The summed E-state index contributed by atoms with van der Waals surface area (Å²) in [6.07, 6.45) is 1.88. The highest BCUT2D eigenvalue weighted by atomic mass is 16.5. The third kappa shape index (κ3) is 3.37. The molecule has 1 unspecified atom stereocenters.